The van der Waals surface area contributed by atoms with Crippen LogP contribution < -0.4 is 0 Å². The van der Waals surface area contributed by atoms with Crippen LogP contribution in [0, 0.1) is 5.92 Å². The summed E-state index contributed by atoms with van der Waals surface area (Å²) in [5.41, 5.74) is 0.00233. The van der Waals surface area contributed by atoms with Crippen LogP contribution in [0.3, 0.4) is 0 Å². The number of fused-ring (bicyclic) bond motifs is 2. The maximum Gasteiger partial charge on any atom is 0.310 e. The summed E-state index contributed by atoms with van der Waals surface area (Å²) in [5, 5.41) is 8.85. The Hall–Kier alpha value is -2.76. The molecule has 124 valence electrons. The van der Waals surface area contributed by atoms with Gasteiger partial charge in [-0.25, -0.2) is 0 Å². The monoisotopic (exact) mass is 328 g/mol. The van der Waals surface area contributed by atoms with Gasteiger partial charge in [-0.2, -0.15) is 0 Å². The largest absolute Gasteiger partial charge is 0.486 e. The Labute approximate surface area is 138 Å². The third-order valence-corrected chi connectivity index (χ3v) is 4.50. The molecule has 0 aromatic heterocycles. The van der Waals surface area contributed by atoms with Crippen molar-refractivity contribution in [3.05, 3.63) is 41.0 Å². The summed E-state index contributed by atoms with van der Waals surface area (Å²) >= 11 is 0. The summed E-state index contributed by atoms with van der Waals surface area (Å²) in [4.78, 5) is 47.8. The lowest BCUT2D eigenvalue weighted by Gasteiger charge is -2.41. The Morgan fingerprint density at radius 1 is 1.17 bits per heavy atom. The van der Waals surface area contributed by atoms with E-state index in [4.69, 9.17) is 9.84 Å². The Bertz CT molecular complexity index is 815. The first-order valence-electron chi connectivity index (χ1n) is 7.57. The van der Waals surface area contributed by atoms with Crippen LogP contribution in [0.5, 0.6) is 0 Å². The molecule has 1 aromatic rings. The van der Waals surface area contributed by atoms with Crippen LogP contribution >= 0.6 is 0 Å². The lowest BCUT2D eigenvalue weighted by molar-refractivity contribution is -0.143. The molecule has 0 spiro atoms. The van der Waals surface area contributed by atoms with Gasteiger partial charge in [0.25, 0.3) is 0 Å². The molecule has 0 radical (unpaired) electrons. The van der Waals surface area contributed by atoms with Crippen molar-refractivity contribution in [3.63, 3.8) is 0 Å². The van der Waals surface area contributed by atoms with Crippen molar-refractivity contribution in [1.82, 2.24) is 0 Å². The van der Waals surface area contributed by atoms with Crippen molar-refractivity contribution >= 4 is 29.1 Å². The second-order valence-corrected chi connectivity index (χ2v) is 6.51. The molecule has 1 N–H and O–H groups in total. The van der Waals surface area contributed by atoms with E-state index >= 15 is 0 Å². The van der Waals surface area contributed by atoms with E-state index in [1.165, 1.54) is 0 Å². The average molecular weight is 328 g/mol. The average Bonchev–Trinajstić information content (AvgIpc) is 2.50. The van der Waals surface area contributed by atoms with Crippen LogP contribution in [0.15, 0.2) is 29.8 Å². The molecular formula is C18H16O6. The number of ether oxygens (including phenoxy) is 1. The highest BCUT2D eigenvalue weighted by molar-refractivity contribution is 6.52. The number of carboxylic acid groups (broad SMARTS) is 1. The summed E-state index contributed by atoms with van der Waals surface area (Å²) in [6.07, 6.45) is -0.633. The minimum atomic E-state index is -1.23. The van der Waals surface area contributed by atoms with Crippen molar-refractivity contribution < 1.29 is 29.0 Å². The van der Waals surface area contributed by atoms with Crippen molar-refractivity contribution in [2.75, 3.05) is 0 Å². The van der Waals surface area contributed by atoms with Gasteiger partial charge in [-0.05, 0) is 20.3 Å². The third-order valence-electron chi connectivity index (χ3n) is 4.50. The molecule has 0 saturated heterocycles. The quantitative estimate of drug-likeness (QED) is 0.673. The van der Waals surface area contributed by atoms with Crippen molar-refractivity contribution in [1.29, 1.82) is 0 Å². The molecule has 1 atom stereocenters. The predicted molar refractivity (Wildman–Crippen MR) is 83.2 cm³/mol. The molecule has 2 aliphatic rings. The van der Waals surface area contributed by atoms with Gasteiger partial charge < -0.3 is 9.84 Å². The van der Waals surface area contributed by atoms with E-state index in [1.807, 2.05) is 0 Å². The van der Waals surface area contributed by atoms with Gasteiger partial charge in [-0.15, -0.1) is 0 Å². The zero-order valence-corrected chi connectivity index (χ0v) is 13.3. The normalized spacial score (nSPS) is 21.7. The Balaban J connectivity index is 2.08. The lowest BCUT2D eigenvalue weighted by Crippen LogP contribution is -2.45. The topological polar surface area (TPSA) is 97.7 Å². The van der Waals surface area contributed by atoms with Gasteiger partial charge in [0.05, 0.1) is 5.92 Å². The van der Waals surface area contributed by atoms with E-state index in [0.29, 0.717) is 11.3 Å². The molecular weight excluding hydrogens is 312 g/mol. The minimum absolute atomic E-state index is 0.00730. The van der Waals surface area contributed by atoms with E-state index in [-0.39, 0.29) is 17.6 Å². The van der Waals surface area contributed by atoms with Gasteiger partial charge in [0.2, 0.25) is 11.6 Å². The van der Waals surface area contributed by atoms with Gasteiger partial charge >= 0.3 is 5.97 Å². The minimum Gasteiger partial charge on any atom is -0.486 e. The maximum absolute atomic E-state index is 12.4. The highest BCUT2D eigenvalue weighted by Gasteiger charge is 2.47. The van der Waals surface area contributed by atoms with Crippen LogP contribution in [-0.2, 0) is 19.1 Å². The molecule has 1 aromatic carbocycles. The summed E-state index contributed by atoms with van der Waals surface area (Å²) in [6.45, 7) is 3.37. The molecule has 6 heteroatoms. The van der Waals surface area contributed by atoms with Crippen molar-refractivity contribution in [3.8, 4) is 0 Å². The number of benzene rings is 1. The first-order valence-corrected chi connectivity index (χ1v) is 7.57. The number of carbonyl (C=O) groups is 4. The molecule has 0 fully saturated rings. The van der Waals surface area contributed by atoms with Gasteiger partial charge in [0, 0.05) is 16.7 Å². The second-order valence-electron chi connectivity index (χ2n) is 6.51. The number of hydrogen-bond donors (Lipinski definition) is 1. The van der Waals surface area contributed by atoms with Crippen LogP contribution in [0.2, 0.25) is 0 Å². The second kappa shape index (κ2) is 5.40. The van der Waals surface area contributed by atoms with Crippen LogP contribution in [0.25, 0.3) is 5.76 Å². The first-order chi connectivity index (χ1) is 11.2. The molecule has 3 rings (SSSR count). The number of hydrogen-bond acceptors (Lipinski definition) is 5. The fraction of sp³-hybridized carbons (Fsp3) is 0.333. The van der Waals surface area contributed by atoms with E-state index in [0.717, 1.165) is 0 Å². The molecule has 24 heavy (non-hydrogen) atoms. The summed E-state index contributed by atoms with van der Waals surface area (Å²) in [7, 11) is 0. The van der Waals surface area contributed by atoms with E-state index in [2.05, 4.69) is 0 Å². The third kappa shape index (κ3) is 2.44. The molecule has 0 saturated carbocycles. The van der Waals surface area contributed by atoms with Crippen LogP contribution in [0.1, 0.15) is 42.6 Å². The number of carbonyl (C=O) groups excluding carboxylic acids is 3. The zero-order chi connectivity index (χ0) is 17.6. The lowest BCUT2D eigenvalue weighted by atomic mass is 9.74. The maximum atomic E-state index is 12.4. The smallest absolute Gasteiger partial charge is 0.310 e. The van der Waals surface area contributed by atoms with Gasteiger partial charge in [-0.3, -0.25) is 19.2 Å². The van der Waals surface area contributed by atoms with Crippen molar-refractivity contribution in [2.45, 2.75) is 32.3 Å². The first kappa shape index (κ1) is 16.1. The standard InChI is InChI=1S/C18H16O6/c1-18(2)12(13(19)8-14(20)21)7-11-16(23)15(22)9-5-3-4-6-10(9)17(11)24-18/h3-6,12H,7-8H2,1-2H3,(H,20,21). The van der Waals surface area contributed by atoms with Gasteiger partial charge in [-0.1, -0.05) is 24.3 Å². The SMILES string of the molecule is CC1(C)OC2=C(CC1C(=O)CC(=O)O)C(=O)C(=O)c1ccccc12. The summed E-state index contributed by atoms with van der Waals surface area (Å²) < 4.78 is 5.93. The molecule has 1 heterocycles. The zero-order valence-electron chi connectivity index (χ0n) is 13.3. The molecule has 0 amide bonds. The van der Waals surface area contributed by atoms with E-state index < -0.39 is 41.3 Å². The predicted octanol–water partition coefficient (Wildman–Crippen LogP) is 2.02. The fourth-order valence-electron chi connectivity index (χ4n) is 3.26. The Morgan fingerprint density at radius 3 is 2.42 bits per heavy atom. The summed E-state index contributed by atoms with van der Waals surface area (Å²) in [5.74, 6) is -3.54. The highest BCUT2D eigenvalue weighted by atomic mass is 16.5. The molecule has 6 nitrogen and oxygen atoms in total. The number of aliphatic carboxylic acids is 1. The van der Waals surface area contributed by atoms with Crippen LogP contribution in [-0.4, -0.2) is 34.0 Å². The van der Waals surface area contributed by atoms with E-state index in [9.17, 15) is 19.2 Å². The summed E-state index contributed by atoms with van der Waals surface area (Å²) in [6, 6.07) is 6.68. The number of ketones is 3. The number of carboxylic acids is 1. The van der Waals surface area contributed by atoms with E-state index in [1.54, 1.807) is 38.1 Å². The van der Waals surface area contributed by atoms with Gasteiger partial charge in [0.15, 0.2) is 5.78 Å². The molecule has 1 unspecified atom stereocenters. The molecule has 1 aliphatic carbocycles. The molecule has 1 aliphatic heterocycles. The highest BCUT2D eigenvalue weighted by Crippen LogP contribution is 2.44. The van der Waals surface area contributed by atoms with Gasteiger partial charge in [0.1, 0.15) is 17.8 Å². The number of rotatable bonds is 3. The van der Waals surface area contributed by atoms with Crippen LogP contribution in [0.4, 0.5) is 0 Å². The Kier molecular flexibility index (Phi) is 3.63. The fourth-order valence-corrected chi connectivity index (χ4v) is 3.26. The Morgan fingerprint density at radius 2 is 1.79 bits per heavy atom. The molecule has 0 bridgehead atoms. The number of Topliss-reactive ketones (excluding diaryl/α,β-unsaturated/α-hetero) is 3. The number of allylic oxidation sites excluding steroid dienone is 1. The van der Waals surface area contributed by atoms with Crippen molar-refractivity contribution in [2.24, 2.45) is 5.92 Å².